The summed E-state index contributed by atoms with van der Waals surface area (Å²) in [6.07, 6.45) is 3.09. The minimum atomic E-state index is -1.12. The van der Waals surface area contributed by atoms with E-state index in [4.69, 9.17) is 11.6 Å². The Bertz CT molecular complexity index is 661. The summed E-state index contributed by atoms with van der Waals surface area (Å²) in [6, 6.07) is 3.57. The summed E-state index contributed by atoms with van der Waals surface area (Å²) >= 11 is 9.07. The molecule has 0 unspecified atom stereocenters. The SMILES string of the molecule is O=C(N[C@H](Cc1cnc[nH]1)C(=O)O)c1ccc(Cl)c(Br)c1. The van der Waals surface area contributed by atoms with Gasteiger partial charge in [0.1, 0.15) is 6.04 Å². The highest BCUT2D eigenvalue weighted by molar-refractivity contribution is 9.10. The van der Waals surface area contributed by atoms with E-state index in [0.29, 0.717) is 20.8 Å². The van der Waals surface area contributed by atoms with Gasteiger partial charge in [-0.25, -0.2) is 9.78 Å². The summed E-state index contributed by atoms with van der Waals surface area (Å²) in [4.78, 5) is 29.9. The van der Waals surface area contributed by atoms with E-state index in [2.05, 4.69) is 31.2 Å². The Morgan fingerprint density at radius 2 is 2.24 bits per heavy atom. The first kappa shape index (κ1) is 15.5. The minimum absolute atomic E-state index is 0.121. The Morgan fingerprint density at radius 1 is 1.48 bits per heavy atom. The van der Waals surface area contributed by atoms with Gasteiger partial charge in [-0.2, -0.15) is 0 Å². The van der Waals surface area contributed by atoms with Crippen molar-refractivity contribution in [3.63, 3.8) is 0 Å². The van der Waals surface area contributed by atoms with Crippen molar-refractivity contribution < 1.29 is 14.7 Å². The zero-order valence-electron chi connectivity index (χ0n) is 10.6. The molecule has 0 aliphatic rings. The lowest BCUT2D eigenvalue weighted by molar-refractivity contribution is -0.139. The van der Waals surface area contributed by atoms with Gasteiger partial charge < -0.3 is 15.4 Å². The number of nitrogens with one attached hydrogen (secondary N) is 2. The van der Waals surface area contributed by atoms with Crippen LogP contribution in [0.3, 0.4) is 0 Å². The number of rotatable bonds is 5. The van der Waals surface area contributed by atoms with Crippen LogP contribution in [-0.4, -0.2) is 33.0 Å². The standard InChI is InChI=1S/C13H11BrClN3O3/c14-9-3-7(1-2-10(9)15)12(19)18-11(13(20)21)4-8-5-16-6-17-8/h1-3,5-6,11H,4H2,(H,16,17)(H,18,19)(H,20,21)/t11-/m1/s1. The molecule has 2 aromatic rings. The molecule has 1 aromatic heterocycles. The summed E-state index contributed by atoms with van der Waals surface area (Å²) in [5, 5.41) is 12.1. The van der Waals surface area contributed by atoms with E-state index >= 15 is 0 Å². The highest BCUT2D eigenvalue weighted by Gasteiger charge is 2.22. The molecule has 0 radical (unpaired) electrons. The van der Waals surface area contributed by atoms with Gasteiger partial charge >= 0.3 is 5.97 Å². The molecule has 1 amide bonds. The molecule has 2 rings (SSSR count). The van der Waals surface area contributed by atoms with Crippen molar-refractivity contribution in [2.45, 2.75) is 12.5 Å². The van der Waals surface area contributed by atoms with Crippen LogP contribution in [0.2, 0.25) is 5.02 Å². The lowest BCUT2D eigenvalue weighted by atomic mass is 10.1. The molecular formula is C13H11BrClN3O3. The van der Waals surface area contributed by atoms with Crippen LogP contribution in [-0.2, 0) is 11.2 Å². The Hall–Kier alpha value is -1.86. The number of hydrogen-bond acceptors (Lipinski definition) is 3. The summed E-state index contributed by atoms with van der Waals surface area (Å²) < 4.78 is 0.567. The molecule has 21 heavy (non-hydrogen) atoms. The van der Waals surface area contributed by atoms with Crippen LogP contribution in [0.25, 0.3) is 0 Å². The Morgan fingerprint density at radius 3 is 2.81 bits per heavy atom. The Kier molecular flexibility index (Phi) is 4.98. The molecule has 0 fully saturated rings. The van der Waals surface area contributed by atoms with Crippen molar-refractivity contribution in [2.75, 3.05) is 0 Å². The Balaban J connectivity index is 2.10. The molecule has 0 saturated carbocycles. The molecular weight excluding hydrogens is 362 g/mol. The number of carbonyl (C=O) groups is 2. The summed E-state index contributed by atoms with van der Waals surface area (Å²) in [5.41, 5.74) is 0.946. The summed E-state index contributed by atoms with van der Waals surface area (Å²) in [5.74, 6) is -1.61. The molecule has 0 spiro atoms. The van der Waals surface area contributed by atoms with E-state index in [-0.39, 0.29) is 6.42 Å². The predicted molar refractivity (Wildman–Crippen MR) is 80.3 cm³/mol. The monoisotopic (exact) mass is 371 g/mol. The van der Waals surface area contributed by atoms with Crippen LogP contribution >= 0.6 is 27.5 Å². The van der Waals surface area contributed by atoms with Crippen LogP contribution in [0.4, 0.5) is 0 Å². The molecule has 1 aromatic carbocycles. The van der Waals surface area contributed by atoms with E-state index in [1.807, 2.05) is 0 Å². The van der Waals surface area contributed by atoms with E-state index in [9.17, 15) is 14.7 Å². The first-order valence-corrected chi connectivity index (χ1v) is 7.10. The van der Waals surface area contributed by atoms with Crippen LogP contribution in [0.5, 0.6) is 0 Å². The van der Waals surface area contributed by atoms with Crippen molar-refractivity contribution >= 4 is 39.4 Å². The van der Waals surface area contributed by atoms with Crippen molar-refractivity contribution in [3.05, 3.63) is 51.5 Å². The average Bonchev–Trinajstić information content (AvgIpc) is 2.93. The zero-order chi connectivity index (χ0) is 15.4. The molecule has 1 atom stereocenters. The fraction of sp³-hybridized carbons (Fsp3) is 0.154. The topological polar surface area (TPSA) is 95.1 Å². The maximum absolute atomic E-state index is 12.1. The van der Waals surface area contributed by atoms with Gasteiger partial charge in [0, 0.05) is 28.3 Å². The maximum Gasteiger partial charge on any atom is 0.326 e. The molecule has 8 heteroatoms. The predicted octanol–water partition coefficient (Wildman–Crippen LogP) is 2.25. The van der Waals surface area contributed by atoms with E-state index in [1.54, 1.807) is 6.07 Å². The number of benzene rings is 1. The van der Waals surface area contributed by atoms with Gasteiger partial charge in [-0.3, -0.25) is 4.79 Å². The van der Waals surface area contributed by atoms with Crippen LogP contribution < -0.4 is 5.32 Å². The smallest absolute Gasteiger partial charge is 0.326 e. The Labute approximate surface area is 133 Å². The third kappa shape index (κ3) is 4.05. The normalized spacial score (nSPS) is 11.9. The number of carboxylic acid groups (broad SMARTS) is 1. The third-order valence-corrected chi connectivity index (χ3v) is 3.98. The largest absolute Gasteiger partial charge is 0.480 e. The number of hydrogen-bond donors (Lipinski definition) is 3. The van der Waals surface area contributed by atoms with Gasteiger partial charge in [-0.15, -0.1) is 0 Å². The second-order valence-corrected chi connectivity index (χ2v) is 5.54. The number of aliphatic carboxylic acids is 1. The van der Waals surface area contributed by atoms with Gasteiger partial charge in [0.05, 0.1) is 11.3 Å². The van der Waals surface area contributed by atoms with E-state index in [0.717, 1.165) is 0 Å². The number of aromatic nitrogens is 2. The third-order valence-electron chi connectivity index (χ3n) is 2.76. The second kappa shape index (κ2) is 6.73. The van der Waals surface area contributed by atoms with Gasteiger partial charge in [-0.05, 0) is 34.1 Å². The summed E-state index contributed by atoms with van der Waals surface area (Å²) in [7, 11) is 0. The lowest BCUT2D eigenvalue weighted by Gasteiger charge is -2.14. The summed E-state index contributed by atoms with van der Waals surface area (Å²) in [6.45, 7) is 0. The number of H-pyrrole nitrogens is 1. The number of imidazole rings is 1. The number of carbonyl (C=O) groups excluding carboxylic acids is 1. The molecule has 0 saturated heterocycles. The van der Waals surface area contributed by atoms with Crippen molar-refractivity contribution in [2.24, 2.45) is 0 Å². The highest BCUT2D eigenvalue weighted by Crippen LogP contribution is 2.23. The number of amides is 1. The molecule has 0 aliphatic carbocycles. The maximum atomic E-state index is 12.1. The van der Waals surface area contributed by atoms with Gasteiger partial charge in [0.15, 0.2) is 0 Å². The lowest BCUT2D eigenvalue weighted by Crippen LogP contribution is -2.42. The first-order chi connectivity index (χ1) is 9.97. The first-order valence-electron chi connectivity index (χ1n) is 5.93. The highest BCUT2D eigenvalue weighted by atomic mass is 79.9. The zero-order valence-corrected chi connectivity index (χ0v) is 13.0. The second-order valence-electron chi connectivity index (χ2n) is 4.27. The fourth-order valence-corrected chi connectivity index (χ4v) is 2.19. The minimum Gasteiger partial charge on any atom is -0.480 e. The molecule has 3 N–H and O–H groups in total. The van der Waals surface area contributed by atoms with Gasteiger partial charge in [0.25, 0.3) is 5.91 Å². The van der Waals surface area contributed by atoms with Crippen molar-refractivity contribution in [1.29, 1.82) is 0 Å². The molecule has 0 aliphatic heterocycles. The number of aromatic amines is 1. The molecule has 6 nitrogen and oxygen atoms in total. The van der Waals surface area contributed by atoms with Gasteiger partial charge in [-0.1, -0.05) is 11.6 Å². The van der Waals surface area contributed by atoms with E-state index < -0.39 is 17.9 Å². The fourth-order valence-electron chi connectivity index (χ4n) is 1.70. The average molecular weight is 373 g/mol. The van der Waals surface area contributed by atoms with Gasteiger partial charge in [0.2, 0.25) is 0 Å². The van der Waals surface area contributed by atoms with E-state index in [1.165, 1.54) is 24.7 Å². The molecule has 110 valence electrons. The number of carboxylic acids is 1. The van der Waals surface area contributed by atoms with Crippen LogP contribution in [0, 0.1) is 0 Å². The molecule has 1 heterocycles. The molecule has 0 bridgehead atoms. The van der Waals surface area contributed by atoms with Crippen molar-refractivity contribution in [3.8, 4) is 0 Å². The van der Waals surface area contributed by atoms with Crippen molar-refractivity contribution in [1.82, 2.24) is 15.3 Å². The van der Waals surface area contributed by atoms with Crippen LogP contribution in [0.15, 0.2) is 35.2 Å². The van der Waals surface area contributed by atoms with Crippen LogP contribution in [0.1, 0.15) is 16.1 Å². The number of halogens is 2. The number of nitrogens with zero attached hydrogens (tertiary/aromatic N) is 1. The quantitative estimate of drug-likeness (QED) is 0.750.